The molecule has 2 aliphatic rings. The van der Waals surface area contributed by atoms with Crippen LogP contribution in [0.5, 0.6) is 0 Å². The molecule has 4 N–H and O–H groups in total. The summed E-state index contributed by atoms with van der Waals surface area (Å²) in [6.07, 6.45) is 11.6. The van der Waals surface area contributed by atoms with Gasteiger partial charge in [0.15, 0.2) is 0 Å². The van der Waals surface area contributed by atoms with E-state index in [1.807, 2.05) is 0 Å². The molecule has 0 aromatic carbocycles. The maximum absolute atomic E-state index is 10.4. The third-order valence-corrected chi connectivity index (χ3v) is 8.71. The lowest BCUT2D eigenvalue weighted by Gasteiger charge is -2.46. The molecular formula is C13H27NO2S2. The minimum absolute atomic E-state index is 0.0531. The van der Waals surface area contributed by atoms with Gasteiger partial charge in [-0.2, -0.15) is 10.6 Å². The normalized spacial score (nSPS) is 27.1. The van der Waals surface area contributed by atoms with Crippen LogP contribution in [-0.2, 0) is 0 Å². The van der Waals surface area contributed by atoms with Gasteiger partial charge in [-0.1, -0.05) is 38.5 Å². The van der Waals surface area contributed by atoms with Gasteiger partial charge in [0.2, 0.25) is 0 Å². The van der Waals surface area contributed by atoms with Crippen LogP contribution in [0.25, 0.3) is 0 Å². The highest BCUT2D eigenvalue weighted by atomic mass is 32.3. The Kier molecular flexibility index (Phi) is 5.69. The van der Waals surface area contributed by atoms with E-state index in [0.29, 0.717) is 5.25 Å². The quantitative estimate of drug-likeness (QED) is 0.673. The second kappa shape index (κ2) is 6.84. The fourth-order valence-corrected chi connectivity index (χ4v) is 7.06. The predicted octanol–water partition coefficient (Wildman–Crippen LogP) is 4.38. The van der Waals surface area contributed by atoms with Crippen molar-refractivity contribution in [1.29, 1.82) is 0 Å². The summed E-state index contributed by atoms with van der Waals surface area (Å²) in [5.74, 6) is 0. The third kappa shape index (κ3) is 3.79. The van der Waals surface area contributed by atoms with Crippen molar-refractivity contribution in [2.75, 3.05) is 0 Å². The van der Waals surface area contributed by atoms with Crippen molar-refractivity contribution in [1.82, 2.24) is 0 Å². The Morgan fingerprint density at radius 2 is 1.39 bits per heavy atom. The summed E-state index contributed by atoms with van der Waals surface area (Å²) >= 11 is 1.64. The Hall–Kier alpha value is 0.580. The molecule has 0 heterocycles. The van der Waals surface area contributed by atoms with E-state index in [0.717, 1.165) is 25.7 Å². The standard InChI is InChI=1S/C13H27NO2S2/c14-13(17-11-7-3-1-4-8-11)18(15,16)12-9-5-2-6-10-12/h11-13,15-16H,1-10,14H2. The maximum atomic E-state index is 10.4. The Balaban J connectivity index is 1.86. The van der Waals surface area contributed by atoms with Gasteiger partial charge in [-0.25, -0.2) is 0 Å². The van der Waals surface area contributed by atoms with Crippen molar-refractivity contribution in [2.45, 2.75) is 79.4 Å². The smallest absolute Gasteiger partial charge is 0.142 e. The lowest BCUT2D eigenvalue weighted by Crippen LogP contribution is -2.35. The monoisotopic (exact) mass is 293 g/mol. The molecular weight excluding hydrogens is 266 g/mol. The zero-order chi connectivity index (χ0) is 13.0. The van der Waals surface area contributed by atoms with Crippen LogP contribution < -0.4 is 5.73 Å². The summed E-state index contributed by atoms with van der Waals surface area (Å²) in [6, 6.07) is 0. The minimum atomic E-state index is -2.62. The Morgan fingerprint density at radius 1 is 0.889 bits per heavy atom. The first-order valence-corrected chi connectivity index (χ1v) is 9.89. The van der Waals surface area contributed by atoms with E-state index in [4.69, 9.17) is 5.73 Å². The Morgan fingerprint density at radius 3 is 1.94 bits per heavy atom. The summed E-state index contributed by atoms with van der Waals surface area (Å²) in [5, 5.41) is 0.598. The van der Waals surface area contributed by atoms with E-state index in [9.17, 15) is 9.11 Å². The highest BCUT2D eigenvalue weighted by molar-refractivity contribution is 8.33. The van der Waals surface area contributed by atoms with Gasteiger partial charge in [0, 0.05) is 5.25 Å². The molecule has 0 amide bonds. The lowest BCUT2D eigenvalue weighted by atomic mass is 10.0. The summed E-state index contributed by atoms with van der Waals surface area (Å²) in [4.78, 5) is 0. The Bertz CT molecular complexity index is 251. The van der Waals surface area contributed by atoms with E-state index < -0.39 is 15.3 Å². The van der Waals surface area contributed by atoms with Gasteiger partial charge in [-0.15, -0.1) is 11.8 Å². The number of rotatable bonds is 4. The van der Waals surface area contributed by atoms with Crippen LogP contribution in [0, 0.1) is 0 Å². The van der Waals surface area contributed by atoms with Crippen LogP contribution in [0.2, 0.25) is 0 Å². The van der Waals surface area contributed by atoms with Crippen molar-refractivity contribution in [2.24, 2.45) is 5.73 Å². The van der Waals surface area contributed by atoms with Crippen molar-refractivity contribution in [3.8, 4) is 0 Å². The van der Waals surface area contributed by atoms with E-state index in [1.54, 1.807) is 11.8 Å². The molecule has 0 bridgehead atoms. The molecule has 1 atom stereocenters. The molecule has 108 valence electrons. The maximum Gasteiger partial charge on any atom is 0.142 e. The molecule has 2 fully saturated rings. The molecule has 3 nitrogen and oxygen atoms in total. The van der Waals surface area contributed by atoms with Crippen molar-refractivity contribution in [3.05, 3.63) is 0 Å². The number of hydrogen-bond acceptors (Lipinski definition) is 4. The van der Waals surface area contributed by atoms with Crippen molar-refractivity contribution < 1.29 is 9.11 Å². The van der Waals surface area contributed by atoms with Crippen LogP contribution in [-0.4, -0.2) is 24.3 Å². The molecule has 2 rings (SSSR count). The zero-order valence-electron chi connectivity index (χ0n) is 11.1. The number of thioether (sulfide) groups is 1. The van der Waals surface area contributed by atoms with E-state index >= 15 is 0 Å². The molecule has 0 spiro atoms. The highest BCUT2D eigenvalue weighted by Gasteiger charge is 2.34. The fourth-order valence-electron chi connectivity index (χ4n) is 3.07. The van der Waals surface area contributed by atoms with E-state index in [2.05, 4.69) is 0 Å². The van der Waals surface area contributed by atoms with E-state index in [-0.39, 0.29) is 5.25 Å². The molecule has 2 aliphatic carbocycles. The number of nitrogens with two attached hydrogens (primary N) is 1. The molecule has 0 aromatic heterocycles. The summed E-state index contributed by atoms with van der Waals surface area (Å²) in [5.41, 5.74) is 6.11. The first-order chi connectivity index (χ1) is 8.60. The van der Waals surface area contributed by atoms with Gasteiger partial charge in [-0.05, 0) is 25.7 Å². The second-order valence-corrected chi connectivity index (χ2v) is 9.86. The van der Waals surface area contributed by atoms with Crippen LogP contribution in [0.4, 0.5) is 0 Å². The number of hydrogen-bond donors (Lipinski definition) is 3. The van der Waals surface area contributed by atoms with Gasteiger partial charge in [-0.3, -0.25) is 9.11 Å². The molecule has 0 saturated heterocycles. The lowest BCUT2D eigenvalue weighted by molar-refractivity contribution is 0.422. The minimum Gasteiger partial charge on any atom is -0.303 e. The first kappa shape index (κ1) is 15.0. The molecule has 5 heteroatoms. The van der Waals surface area contributed by atoms with Gasteiger partial charge in [0.25, 0.3) is 0 Å². The topological polar surface area (TPSA) is 66.5 Å². The third-order valence-electron chi connectivity index (χ3n) is 4.26. The molecule has 0 aromatic rings. The van der Waals surface area contributed by atoms with Gasteiger partial charge in [0.05, 0.1) is 5.25 Å². The van der Waals surface area contributed by atoms with Gasteiger partial charge < -0.3 is 5.73 Å². The summed E-state index contributed by atoms with van der Waals surface area (Å²) in [6.45, 7) is 0. The van der Waals surface area contributed by atoms with Crippen molar-refractivity contribution in [3.63, 3.8) is 0 Å². The highest BCUT2D eigenvalue weighted by Crippen LogP contribution is 2.56. The van der Waals surface area contributed by atoms with Gasteiger partial charge >= 0.3 is 0 Å². The average Bonchev–Trinajstić information content (AvgIpc) is 2.41. The van der Waals surface area contributed by atoms with Crippen LogP contribution in [0.3, 0.4) is 0 Å². The largest absolute Gasteiger partial charge is 0.303 e. The average molecular weight is 293 g/mol. The van der Waals surface area contributed by atoms with Crippen LogP contribution in [0.1, 0.15) is 64.2 Å². The molecule has 0 radical (unpaired) electrons. The summed E-state index contributed by atoms with van der Waals surface area (Å²) in [7, 11) is -2.62. The molecule has 18 heavy (non-hydrogen) atoms. The summed E-state index contributed by atoms with van der Waals surface area (Å²) < 4.78 is 20.4. The van der Waals surface area contributed by atoms with Crippen LogP contribution in [0.15, 0.2) is 0 Å². The second-order valence-electron chi connectivity index (χ2n) is 5.66. The fraction of sp³-hybridized carbons (Fsp3) is 1.00. The first-order valence-electron chi connectivity index (χ1n) is 7.27. The molecule has 0 aliphatic heterocycles. The van der Waals surface area contributed by atoms with Crippen molar-refractivity contribution >= 4 is 22.4 Å². The predicted molar refractivity (Wildman–Crippen MR) is 82.2 cm³/mol. The van der Waals surface area contributed by atoms with Gasteiger partial charge in [0.1, 0.15) is 4.71 Å². The van der Waals surface area contributed by atoms with Crippen LogP contribution >= 0.6 is 22.4 Å². The molecule has 2 saturated carbocycles. The zero-order valence-corrected chi connectivity index (χ0v) is 12.7. The Labute approximate surface area is 117 Å². The molecule has 1 unspecified atom stereocenters. The SMILES string of the molecule is NC(SC1CCCCC1)S(O)(O)C1CCCCC1. The van der Waals surface area contributed by atoms with E-state index in [1.165, 1.54) is 38.5 Å².